The summed E-state index contributed by atoms with van der Waals surface area (Å²) in [6.45, 7) is 1.11. The van der Waals surface area contributed by atoms with E-state index < -0.39 is 73.8 Å². The van der Waals surface area contributed by atoms with Crippen LogP contribution in [0.3, 0.4) is 0 Å². The van der Waals surface area contributed by atoms with Crippen LogP contribution in [0.5, 0.6) is 0 Å². The van der Waals surface area contributed by atoms with Crippen molar-refractivity contribution in [2.24, 2.45) is 15.5 Å². The van der Waals surface area contributed by atoms with Gasteiger partial charge in [-0.25, -0.2) is 27.3 Å². The van der Waals surface area contributed by atoms with Crippen LogP contribution in [-0.2, 0) is 22.7 Å². The Kier molecular flexibility index (Phi) is 5.43. The number of sulfonamides is 1. The van der Waals surface area contributed by atoms with E-state index in [-0.39, 0.29) is 17.0 Å². The van der Waals surface area contributed by atoms with Gasteiger partial charge < -0.3 is 5.21 Å². The summed E-state index contributed by atoms with van der Waals surface area (Å²) in [5.74, 6) is -4.85. The fraction of sp³-hybridized carbons (Fsp3) is 0.526. The van der Waals surface area contributed by atoms with Crippen LogP contribution in [0.4, 0.5) is 22.0 Å². The third-order valence-corrected chi connectivity index (χ3v) is 6.63. The number of carbonyl (C=O) groups excluding carboxylic acids is 1. The molecule has 9 nitrogen and oxygen atoms in total. The van der Waals surface area contributed by atoms with E-state index in [1.807, 2.05) is 0 Å². The Bertz CT molecular complexity index is 1330. The average molecular weight is 509 g/mol. The third kappa shape index (κ3) is 4.71. The van der Waals surface area contributed by atoms with E-state index in [9.17, 15) is 40.4 Å². The maximum Gasteiger partial charge on any atom is 0.420 e. The van der Waals surface area contributed by atoms with E-state index >= 15 is 0 Å². The molecule has 3 N–H and O–H groups in total. The van der Waals surface area contributed by atoms with Gasteiger partial charge in [0.25, 0.3) is 15.9 Å². The van der Waals surface area contributed by atoms with Crippen LogP contribution in [0.2, 0.25) is 0 Å². The zero-order chi connectivity index (χ0) is 25.3. The molecule has 4 rings (SSSR count). The SMILES string of the molecule is CC1(Cn2nc(C3CC3)c(C(F)(F)F)c2C(=O)N=c2ccn(O)c(S(N)(=O)=O)c2)CC(F)(F)C1. The summed E-state index contributed by atoms with van der Waals surface area (Å²) in [5, 5.41) is 17.3. The highest BCUT2D eigenvalue weighted by Crippen LogP contribution is 2.53. The molecule has 2 aliphatic rings. The number of nitrogens with zero attached hydrogens (tertiary/aromatic N) is 4. The van der Waals surface area contributed by atoms with Crippen LogP contribution in [0, 0.1) is 5.41 Å². The molecule has 34 heavy (non-hydrogen) atoms. The molecule has 15 heteroatoms. The first-order valence-corrected chi connectivity index (χ1v) is 11.6. The molecule has 186 valence electrons. The Morgan fingerprint density at radius 3 is 2.44 bits per heavy atom. The maximum atomic E-state index is 14.0. The van der Waals surface area contributed by atoms with Crippen LogP contribution in [0.1, 0.15) is 60.3 Å². The van der Waals surface area contributed by atoms with Gasteiger partial charge in [0, 0.05) is 37.6 Å². The number of alkyl halides is 5. The van der Waals surface area contributed by atoms with Crippen molar-refractivity contribution < 1.29 is 40.4 Å². The molecule has 2 fully saturated rings. The summed E-state index contributed by atoms with van der Waals surface area (Å²) >= 11 is 0. The summed E-state index contributed by atoms with van der Waals surface area (Å²) < 4.78 is 93.2. The van der Waals surface area contributed by atoms with Gasteiger partial charge >= 0.3 is 6.18 Å². The molecule has 2 saturated carbocycles. The van der Waals surface area contributed by atoms with Gasteiger partial charge in [0.05, 0.1) is 11.1 Å². The van der Waals surface area contributed by atoms with Crippen molar-refractivity contribution in [2.75, 3.05) is 0 Å². The topological polar surface area (TPSA) is 133 Å². The van der Waals surface area contributed by atoms with Crippen LogP contribution >= 0.6 is 0 Å². The Balaban J connectivity index is 1.84. The molecule has 2 heterocycles. The fourth-order valence-corrected chi connectivity index (χ4v) is 4.92. The number of amides is 1. The number of carbonyl (C=O) groups is 1. The number of hydrogen-bond donors (Lipinski definition) is 2. The van der Waals surface area contributed by atoms with Gasteiger partial charge in [-0.1, -0.05) is 6.92 Å². The number of primary sulfonamides is 1. The van der Waals surface area contributed by atoms with Crippen LogP contribution < -0.4 is 10.5 Å². The molecule has 0 bridgehead atoms. The molecule has 2 aromatic heterocycles. The molecular weight excluding hydrogens is 489 g/mol. The highest BCUT2D eigenvalue weighted by molar-refractivity contribution is 7.89. The lowest BCUT2D eigenvalue weighted by Gasteiger charge is -2.44. The Hall–Kier alpha value is -2.81. The third-order valence-electron chi connectivity index (χ3n) is 5.74. The molecule has 0 saturated heterocycles. The van der Waals surface area contributed by atoms with Crippen molar-refractivity contribution >= 4 is 15.9 Å². The summed E-state index contributed by atoms with van der Waals surface area (Å²) in [4.78, 5) is 16.6. The molecule has 0 atom stereocenters. The predicted molar refractivity (Wildman–Crippen MR) is 104 cm³/mol. The molecule has 0 aliphatic heterocycles. The summed E-state index contributed by atoms with van der Waals surface area (Å²) in [5.41, 5.74) is -3.61. The van der Waals surface area contributed by atoms with Crippen LogP contribution in [0.25, 0.3) is 0 Å². The minimum atomic E-state index is -4.97. The molecular formula is C19H20F5N5O4S. The molecule has 2 aliphatic carbocycles. The lowest BCUT2D eigenvalue weighted by atomic mass is 9.67. The number of halogens is 5. The van der Waals surface area contributed by atoms with Gasteiger partial charge in [-0.15, -0.1) is 0 Å². The Morgan fingerprint density at radius 1 is 1.32 bits per heavy atom. The molecule has 0 radical (unpaired) electrons. The molecule has 0 unspecified atom stereocenters. The molecule has 1 amide bonds. The van der Waals surface area contributed by atoms with E-state index in [1.54, 1.807) is 0 Å². The van der Waals surface area contributed by atoms with Crippen molar-refractivity contribution in [3.8, 4) is 0 Å². The highest BCUT2D eigenvalue weighted by atomic mass is 32.2. The van der Waals surface area contributed by atoms with Crippen molar-refractivity contribution in [3.63, 3.8) is 0 Å². The van der Waals surface area contributed by atoms with Crippen molar-refractivity contribution in [1.29, 1.82) is 0 Å². The summed E-state index contributed by atoms with van der Waals surface area (Å²) in [6.07, 6.45) is -4.45. The van der Waals surface area contributed by atoms with Crippen molar-refractivity contribution in [2.45, 2.75) is 62.2 Å². The normalized spacial score (nSPS) is 20.3. The van der Waals surface area contributed by atoms with Crippen molar-refractivity contribution in [1.82, 2.24) is 14.5 Å². The lowest BCUT2D eigenvalue weighted by Crippen LogP contribution is -2.47. The van der Waals surface area contributed by atoms with Crippen LogP contribution in [-0.4, -0.2) is 40.0 Å². The largest absolute Gasteiger partial charge is 0.428 e. The number of nitrogens with two attached hydrogens (primary N) is 1. The molecule has 0 aromatic carbocycles. The van der Waals surface area contributed by atoms with E-state index in [1.165, 1.54) is 6.92 Å². The predicted octanol–water partition coefficient (Wildman–Crippen LogP) is 2.64. The van der Waals surface area contributed by atoms with Gasteiger partial charge in [-0.2, -0.15) is 23.0 Å². The quantitative estimate of drug-likeness (QED) is 0.472. The summed E-state index contributed by atoms with van der Waals surface area (Å²) in [7, 11) is -4.45. The van der Waals surface area contributed by atoms with Gasteiger partial charge in [0.15, 0.2) is 5.03 Å². The minimum absolute atomic E-state index is 0.146. The summed E-state index contributed by atoms with van der Waals surface area (Å²) in [6, 6.07) is 1.69. The number of hydrogen-bond acceptors (Lipinski definition) is 5. The average Bonchev–Trinajstić information content (AvgIpc) is 3.41. The van der Waals surface area contributed by atoms with Gasteiger partial charge in [0.1, 0.15) is 11.3 Å². The van der Waals surface area contributed by atoms with E-state index in [4.69, 9.17) is 5.14 Å². The maximum absolute atomic E-state index is 14.0. The zero-order valence-corrected chi connectivity index (χ0v) is 18.5. The van der Waals surface area contributed by atoms with E-state index in [0.717, 1.165) is 16.9 Å². The van der Waals surface area contributed by atoms with Gasteiger partial charge in [-0.05, 0) is 24.3 Å². The monoisotopic (exact) mass is 509 g/mol. The zero-order valence-electron chi connectivity index (χ0n) is 17.7. The number of pyridine rings is 1. The number of aromatic nitrogens is 3. The Labute approximate surface area is 189 Å². The van der Waals surface area contributed by atoms with Gasteiger partial charge in [-0.3, -0.25) is 9.48 Å². The first-order chi connectivity index (χ1) is 15.5. The molecule has 2 aromatic rings. The van der Waals surface area contributed by atoms with Gasteiger partial charge in [0.2, 0.25) is 5.92 Å². The highest BCUT2D eigenvalue weighted by Gasteiger charge is 2.55. The Morgan fingerprint density at radius 2 is 1.94 bits per heavy atom. The first kappa shape index (κ1) is 24.3. The number of rotatable bonds is 5. The minimum Gasteiger partial charge on any atom is -0.428 e. The van der Waals surface area contributed by atoms with Crippen molar-refractivity contribution in [3.05, 3.63) is 40.6 Å². The first-order valence-electron chi connectivity index (χ1n) is 10.1. The molecule has 0 spiro atoms. The second kappa shape index (κ2) is 7.60. The standard InChI is InChI=1S/C19H20F5N5O4S/c1-17(7-18(20,21)8-17)9-28-15(13(19(22,23)24)14(27-28)10-2-3-10)16(30)26-11-4-5-29(31)12(6-11)34(25,32)33/h4-6,10,31H,2-3,7-9H2,1H3,(H2,25,32,33). The smallest absolute Gasteiger partial charge is 0.420 e. The van der Waals surface area contributed by atoms with E-state index in [2.05, 4.69) is 10.1 Å². The van der Waals surface area contributed by atoms with Crippen LogP contribution in [0.15, 0.2) is 28.3 Å². The lowest BCUT2D eigenvalue weighted by molar-refractivity contribution is -0.160. The fourth-order valence-electron chi connectivity index (χ4n) is 4.32. The van der Waals surface area contributed by atoms with E-state index in [0.29, 0.717) is 18.9 Å². The second-order valence-electron chi connectivity index (χ2n) is 9.09. The second-order valence-corrected chi connectivity index (χ2v) is 10.6.